The summed E-state index contributed by atoms with van der Waals surface area (Å²) in [7, 11) is 0. The first-order valence-electron chi connectivity index (χ1n) is 8.66. The van der Waals surface area contributed by atoms with Crippen LogP contribution >= 0.6 is 11.8 Å². The normalized spacial score (nSPS) is 11.9. The van der Waals surface area contributed by atoms with Crippen molar-refractivity contribution in [3.05, 3.63) is 42.1 Å². The van der Waals surface area contributed by atoms with E-state index in [2.05, 4.69) is 15.6 Å². The van der Waals surface area contributed by atoms with Crippen molar-refractivity contribution in [2.75, 3.05) is 31.8 Å². The van der Waals surface area contributed by atoms with Gasteiger partial charge in [0.15, 0.2) is 0 Å². The van der Waals surface area contributed by atoms with E-state index in [1.165, 1.54) is 0 Å². The second-order valence-corrected chi connectivity index (χ2v) is 6.67. The molecule has 1 aromatic heterocycles. The molecule has 2 rings (SSSR count). The van der Waals surface area contributed by atoms with Crippen LogP contribution in [0.25, 0.3) is 10.9 Å². The number of thioether (sulfide) groups is 1. The summed E-state index contributed by atoms with van der Waals surface area (Å²) in [5.74, 6) is 0.226. The van der Waals surface area contributed by atoms with E-state index in [1.807, 2.05) is 43.5 Å². The Kier molecular flexibility index (Phi) is 8.37. The lowest BCUT2D eigenvalue weighted by molar-refractivity contribution is -0.123. The van der Waals surface area contributed by atoms with Gasteiger partial charge in [0.2, 0.25) is 5.91 Å². The van der Waals surface area contributed by atoms with Crippen LogP contribution in [0.5, 0.6) is 0 Å². The molecule has 1 aromatic carbocycles. The predicted molar refractivity (Wildman–Crippen MR) is 105 cm³/mol. The van der Waals surface area contributed by atoms with Gasteiger partial charge >= 0.3 is 0 Å². The first kappa shape index (κ1) is 20.2. The number of amides is 2. The van der Waals surface area contributed by atoms with E-state index in [0.717, 1.165) is 16.7 Å². The second-order valence-electron chi connectivity index (χ2n) is 5.68. The number of carbonyl (C=O) groups is 2. The molecule has 0 saturated carbocycles. The molecular weight excluding hydrogens is 350 g/mol. The SMILES string of the molecule is CCOCCNC(=O)[C@@H](CCSC)NC(=O)c1ccc2ccccc2n1. The Hall–Kier alpha value is -2.12. The fourth-order valence-corrected chi connectivity index (χ4v) is 2.91. The fraction of sp³-hybridized carbons (Fsp3) is 0.421. The van der Waals surface area contributed by atoms with E-state index in [9.17, 15) is 9.59 Å². The van der Waals surface area contributed by atoms with Crippen molar-refractivity contribution in [1.29, 1.82) is 0 Å². The van der Waals surface area contributed by atoms with Crippen molar-refractivity contribution >= 4 is 34.5 Å². The number of nitrogens with one attached hydrogen (secondary N) is 2. The maximum atomic E-state index is 12.6. The molecule has 0 aliphatic heterocycles. The molecule has 1 atom stereocenters. The maximum Gasteiger partial charge on any atom is 0.270 e. The number of ether oxygens (including phenoxy) is 1. The van der Waals surface area contributed by atoms with Crippen LogP contribution in [0.2, 0.25) is 0 Å². The molecule has 2 N–H and O–H groups in total. The van der Waals surface area contributed by atoms with Crippen LogP contribution in [0.15, 0.2) is 36.4 Å². The molecular formula is C19H25N3O3S. The van der Waals surface area contributed by atoms with Crippen LogP contribution in [0.3, 0.4) is 0 Å². The van der Waals surface area contributed by atoms with Gasteiger partial charge in [0.05, 0.1) is 12.1 Å². The summed E-state index contributed by atoms with van der Waals surface area (Å²) in [6, 6.07) is 10.5. The Balaban J connectivity index is 2.02. The molecule has 0 bridgehead atoms. The van der Waals surface area contributed by atoms with Crippen molar-refractivity contribution in [2.24, 2.45) is 0 Å². The van der Waals surface area contributed by atoms with E-state index >= 15 is 0 Å². The van der Waals surface area contributed by atoms with Crippen LogP contribution in [-0.2, 0) is 9.53 Å². The highest BCUT2D eigenvalue weighted by molar-refractivity contribution is 7.98. The first-order chi connectivity index (χ1) is 12.7. The molecule has 0 radical (unpaired) electrons. The zero-order valence-electron chi connectivity index (χ0n) is 15.2. The molecule has 26 heavy (non-hydrogen) atoms. The van der Waals surface area contributed by atoms with Crippen molar-refractivity contribution < 1.29 is 14.3 Å². The molecule has 0 spiro atoms. The largest absolute Gasteiger partial charge is 0.380 e. The highest BCUT2D eigenvalue weighted by Gasteiger charge is 2.21. The highest BCUT2D eigenvalue weighted by atomic mass is 32.2. The average molecular weight is 375 g/mol. The zero-order chi connectivity index (χ0) is 18.8. The average Bonchev–Trinajstić information content (AvgIpc) is 2.67. The van der Waals surface area contributed by atoms with Gasteiger partial charge in [0.25, 0.3) is 5.91 Å². The maximum absolute atomic E-state index is 12.6. The summed E-state index contributed by atoms with van der Waals surface area (Å²) in [4.78, 5) is 29.3. The number of aromatic nitrogens is 1. The van der Waals surface area contributed by atoms with Crippen LogP contribution in [0.1, 0.15) is 23.8 Å². The Morgan fingerprint density at radius 1 is 1.23 bits per heavy atom. The number of hydrogen-bond acceptors (Lipinski definition) is 5. The summed E-state index contributed by atoms with van der Waals surface area (Å²) in [6.45, 7) is 3.39. The van der Waals surface area contributed by atoms with Gasteiger partial charge in [-0.3, -0.25) is 9.59 Å². The smallest absolute Gasteiger partial charge is 0.270 e. The number of nitrogens with zero attached hydrogens (tertiary/aromatic N) is 1. The van der Waals surface area contributed by atoms with Gasteiger partial charge in [0.1, 0.15) is 11.7 Å². The molecule has 0 unspecified atom stereocenters. The molecule has 7 heteroatoms. The first-order valence-corrected chi connectivity index (χ1v) is 10.1. The molecule has 2 aromatic rings. The number of fused-ring (bicyclic) bond motifs is 1. The molecule has 2 amide bonds. The lowest BCUT2D eigenvalue weighted by Crippen LogP contribution is -2.48. The van der Waals surface area contributed by atoms with Gasteiger partial charge in [-0.2, -0.15) is 11.8 Å². The van der Waals surface area contributed by atoms with Crippen molar-refractivity contribution in [3.8, 4) is 0 Å². The monoisotopic (exact) mass is 375 g/mol. The molecule has 0 aliphatic carbocycles. The minimum absolute atomic E-state index is 0.201. The summed E-state index contributed by atoms with van der Waals surface area (Å²) in [5.41, 5.74) is 1.06. The van der Waals surface area contributed by atoms with Gasteiger partial charge in [-0.1, -0.05) is 24.3 Å². The van der Waals surface area contributed by atoms with E-state index in [4.69, 9.17) is 4.74 Å². The zero-order valence-corrected chi connectivity index (χ0v) is 16.0. The number of benzene rings is 1. The molecule has 6 nitrogen and oxygen atoms in total. The van der Waals surface area contributed by atoms with Crippen LogP contribution in [0, 0.1) is 0 Å². The Morgan fingerprint density at radius 3 is 2.81 bits per heavy atom. The Labute approximate surface area is 158 Å². The van der Waals surface area contributed by atoms with E-state index < -0.39 is 6.04 Å². The molecule has 0 saturated heterocycles. The third-order valence-corrected chi connectivity index (χ3v) is 4.46. The van der Waals surface area contributed by atoms with E-state index in [1.54, 1.807) is 17.8 Å². The number of pyridine rings is 1. The third kappa shape index (κ3) is 6.00. The molecule has 0 fully saturated rings. The number of hydrogen-bond donors (Lipinski definition) is 2. The number of rotatable bonds is 10. The van der Waals surface area contributed by atoms with E-state index in [-0.39, 0.29) is 11.8 Å². The van der Waals surface area contributed by atoms with Crippen molar-refractivity contribution in [1.82, 2.24) is 15.6 Å². The molecule has 1 heterocycles. The highest BCUT2D eigenvalue weighted by Crippen LogP contribution is 2.12. The summed E-state index contributed by atoms with van der Waals surface area (Å²) >= 11 is 1.63. The van der Waals surface area contributed by atoms with Crippen LogP contribution in [-0.4, -0.2) is 54.6 Å². The minimum atomic E-state index is -0.593. The quantitative estimate of drug-likeness (QED) is 0.623. The second kappa shape index (κ2) is 10.8. The van der Waals surface area contributed by atoms with Crippen LogP contribution in [0.4, 0.5) is 0 Å². The van der Waals surface area contributed by atoms with Gasteiger partial charge in [-0.25, -0.2) is 4.98 Å². The third-order valence-electron chi connectivity index (χ3n) is 3.81. The summed E-state index contributed by atoms with van der Waals surface area (Å²) in [5, 5.41) is 6.58. The lowest BCUT2D eigenvalue weighted by atomic mass is 10.1. The number of carbonyl (C=O) groups excluding carboxylic acids is 2. The number of para-hydroxylation sites is 1. The Morgan fingerprint density at radius 2 is 2.04 bits per heavy atom. The molecule has 0 aliphatic rings. The summed E-state index contributed by atoms with van der Waals surface area (Å²) < 4.78 is 5.22. The standard InChI is InChI=1S/C19H25N3O3S/c1-3-25-12-11-20-18(23)17(10-13-26-2)22-19(24)16-9-8-14-6-4-5-7-15(14)21-16/h4-9,17H,3,10-13H2,1-2H3,(H,20,23)(H,22,24)/t17-/m1/s1. The van der Waals surface area contributed by atoms with Gasteiger partial charge < -0.3 is 15.4 Å². The Bertz CT molecular complexity index is 739. The lowest BCUT2D eigenvalue weighted by Gasteiger charge is -2.18. The predicted octanol–water partition coefficient (Wildman–Crippen LogP) is 2.24. The topological polar surface area (TPSA) is 80.3 Å². The van der Waals surface area contributed by atoms with Gasteiger partial charge in [-0.15, -0.1) is 0 Å². The van der Waals surface area contributed by atoms with Crippen molar-refractivity contribution in [3.63, 3.8) is 0 Å². The van der Waals surface area contributed by atoms with E-state index in [0.29, 0.717) is 31.9 Å². The van der Waals surface area contributed by atoms with Crippen molar-refractivity contribution in [2.45, 2.75) is 19.4 Å². The minimum Gasteiger partial charge on any atom is -0.380 e. The van der Waals surface area contributed by atoms with Crippen LogP contribution < -0.4 is 10.6 Å². The van der Waals surface area contributed by atoms with Gasteiger partial charge in [-0.05, 0) is 37.5 Å². The fourth-order valence-electron chi connectivity index (χ4n) is 2.44. The van der Waals surface area contributed by atoms with Gasteiger partial charge in [0, 0.05) is 18.5 Å². The summed E-state index contributed by atoms with van der Waals surface area (Å²) in [6.07, 6.45) is 2.53. The molecule has 140 valence electrons.